The van der Waals surface area contributed by atoms with Crippen LogP contribution in [0.4, 0.5) is 10.5 Å². The van der Waals surface area contributed by atoms with Gasteiger partial charge in [-0.2, -0.15) is 5.26 Å². The van der Waals surface area contributed by atoms with Crippen LogP contribution in [0.3, 0.4) is 0 Å². The molecule has 0 aliphatic carbocycles. The lowest BCUT2D eigenvalue weighted by atomic mass is 10.2. The standard InChI is InChI=1S/C15H17N3O3/c1-3-9-18(11-14(19)21-4-2)15(20)17-13-7-5-12(10-16)6-8-13/h3,5-8H,1,4,9,11H2,2H3,(H,17,20). The van der Waals surface area contributed by atoms with E-state index in [0.29, 0.717) is 11.3 Å². The van der Waals surface area contributed by atoms with E-state index in [1.54, 1.807) is 31.2 Å². The first-order valence-electron chi connectivity index (χ1n) is 6.43. The average Bonchev–Trinajstić information content (AvgIpc) is 2.48. The Morgan fingerprint density at radius 3 is 2.62 bits per heavy atom. The molecule has 0 atom stereocenters. The second-order valence-corrected chi connectivity index (χ2v) is 4.09. The molecule has 0 aliphatic rings. The van der Waals surface area contributed by atoms with Gasteiger partial charge in [0.1, 0.15) is 6.54 Å². The van der Waals surface area contributed by atoms with E-state index in [4.69, 9.17) is 10.00 Å². The maximum atomic E-state index is 12.1. The second-order valence-electron chi connectivity index (χ2n) is 4.09. The fraction of sp³-hybridized carbons (Fsp3) is 0.267. The van der Waals surface area contributed by atoms with Crippen molar-refractivity contribution in [1.82, 2.24) is 4.90 Å². The number of rotatable bonds is 6. The zero-order chi connectivity index (χ0) is 15.7. The number of hydrogen-bond donors (Lipinski definition) is 1. The second kappa shape index (κ2) is 8.38. The third kappa shape index (κ3) is 5.37. The average molecular weight is 287 g/mol. The van der Waals surface area contributed by atoms with Gasteiger partial charge in [-0.15, -0.1) is 6.58 Å². The molecule has 2 amide bonds. The first-order chi connectivity index (χ1) is 10.1. The summed E-state index contributed by atoms with van der Waals surface area (Å²) in [5.41, 5.74) is 1.04. The molecular weight excluding hydrogens is 270 g/mol. The summed E-state index contributed by atoms with van der Waals surface area (Å²) in [6, 6.07) is 7.98. The van der Waals surface area contributed by atoms with E-state index in [9.17, 15) is 9.59 Å². The van der Waals surface area contributed by atoms with Crippen LogP contribution >= 0.6 is 0 Å². The quantitative estimate of drug-likeness (QED) is 0.642. The smallest absolute Gasteiger partial charge is 0.325 e. The van der Waals surface area contributed by atoms with Crippen molar-refractivity contribution in [3.05, 3.63) is 42.5 Å². The van der Waals surface area contributed by atoms with Crippen molar-refractivity contribution in [3.63, 3.8) is 0 Å². The van der Waals surface area contributed by atoms with Crippen molar-refractivity contribution in [2.24, 2.45) is 0 Å². The highest BCUT2D eigenvalue weighted by Gasteiger charge is 2.16. The summed E-state index contributed by atoms with van der Waals surface area (Å²) in [6.45, 7) is 5.59. The monoisotopic (exact) mass is 287 g/mol. The van der Waals surface area contributed by atoms with Crippen LogP contribution in [0.1, 0.15) is 12.5 Å². The molecule has 0 bridgehead atoms. The molecule has 0 spiro atoms. The highest BCUT2D eigenvalue weighted by molar-refractivity contribution is 5.91. The summed E-state index contributed by atoms with van der Waals surface area (Å²) in [4.78, 5) is 24.8. The van der Waals surface area contributed by atoms with E-state index in [1.165, 1.54) is 11.0 Å². The number of ether oxygens (including phenoxy) is 1. The zero-order valence-electron chi connectivity index (χ0n) is 11.8. The molecule has 0 heterocycles. The largest absolute Gasteiger partial charge is 0.465 e. The van der Waals surface area contributed by atoms with Crippen LogP contribution < -0.4 is 5.32 Å². The number of nitrogens with one attached hydrogen (secondary N) is 1. The maximum Gasteiger partial charge on any atom is 0.325 e. The van der Waals surface area contributed by atoms with Gasteiger partial charge in [-0.1, -0.05) is 6.08 Å². The van der Waals surface area contributed by atoms with Gasteiger partial charge in [0.05, 0.1) is 18.2 Å². The van der Waals surface area contributed by atoms with Crippen LogP contribution in [0.15, 0.2) is 36.9 Å². The molecule has 1 rings (SSSR count). The Balaban J connectivity index is 2.69. The first kappa shape index (κ1) is 16.2. The number of amides is 2. The molecule has 0 radical (unpaired) electrons. The first-order valence-corrected chi connectivity index (χ1v) is 6.43. The lowest BCUT2D eigenvalue weighted by Gasteiger charge is -2.20. The van der Waals surface area contributed by atoms with Crippen molar-refractivity contribution >= 4 is 17.7 Å². The Kier molecular flexibility index (Phi) is 6.48. The predicted molar refractivity (Wildman–Crippen MR) is 78.6 cm³/mol. The number of carbonyl (C=O) groups excluding carboxylic acids is 2. The van der Waals surface area contributed by atoms with Crippen LogP contribution in [-0.2, 0) is 9.53 Å². The SMILES string of the molecule is C=CCN(CC(=O)OCC)C(=O)Nc1ccc(C#N)cc1. The number of anilines is 1. The molecule has 0 saturated heterocycles. The van der Waals surface area contributed by atoms with Crippen LogP contribution in [0.5, 0.6) is 0 Å². The number of carbonyl (C=O) groups is 2. The van der Waals surface area contributed by atoms with Crippen molar-refractivity contribution in [1.29, 1.82) is 5.26 Å². The van der Waals surface area contributed by atoms with E-state index in [2.05, 4.69) is 11.9 Å². The van der Waals surface area contributed by atoms with Crippen molar-refractivity contribution in [2.45, 2.75) is 6.92 Å². The third-order valence-corrected chi connectivity index (χ3v) is 2.53. The van der Waals surface area contributed by atoms with Gasteiger partial charge in [-0.05, 0) is 31.2 Å². The molecule has 1 N–H and O–H groups in total. The van der Waals surface area contributed by atoms with E-state index in [0.717, 1.165) is 0 Å². The summed E-state index contributed by atoms with van der Waals surface area (Å²) in [7, 11) is 0. The predicted octanol–water partition coefficient (Wildman–Crippen LogP) is 2.14. The van der Waals surface area contributed by atoms with E-state index in [1.807, 2.05) is 6.07 Å². The summed E-state index contributed by atoms with van der Waals surface area (Å²) in [5, 5.41) is 11.4. The normalized spacial score (nSPS) is 9.33. The molecule has 0 unspecified atom stereocenters. The van der Waals surface area contributed by atoms with Crippen LogP contribution in [0, 0.1) is 11.3 Å². The Hall–Kier alpha value is -2.81. The lowest BCUT2D eigenvalue weighted by molar-refractivity contribution is -0.143. The third-order valence-electron chi connectivity index (χ3n) is 2.53. The summed E-state index contributed by atoms with van der Waals surface area (Å²) < 4.78 is 4.82. The fourth-order valence-electron chi connectivity index (χ4n) is 1.57. The van der Waals surface area contributed by atoms with Gasteiger partial charge in [0, 0.05) is 12.2 Å². The van der Waals surface area contributed by atoms with Gasteiger partial charge in [-0.25, -0.2) is 4.79 Å². The van der Waals surface area contributed by atoms with Gasteiger partial charge < -0.3 is 15.0 Å². The van der Waals surface area contributed by atoms with Gasteiger partial charge in [0.15, 0.2) is 0 Å². The number of nitrogens with zero attached hydrogens (tertiary/aromatic N) is 2. The van der Waals surface area contributed by atoms with Crippen molar-refractivity contribution < 1.29 is 14.3 Å². The number of esters is 1. The molecule has 1 aromatic rings. The molecule has 0 saturated carbocycles. The van der Waals surface area contributed by atoms with Crippen LogP contribution in [0.25, 0.3) is 0 Å². The molecular formula is C15H17N3O3. The minimum absolute atomic E-state index is 0.151. The summed E-state index contributed by atoms with van der Waals surface area (Å²) in [5.74, 6) is -0.477. The Morgan fingerprint density at radius 1 is 1.43 bits per heavy atom. The van der Waals surface area contributed by atoms with Crippen LogP contribution in [-0.4, -0.2) is 36.6 Å². The van der Waals surface area contributed by atoms with Crippen molar-refractivity contribution in [2.75, 3.05) is 25.0 Å². The Bertz CT molecular complexity index is 546. The number of benzene rings is 1. The highest BCUT2D eigenvalue weighted by Crippen LogP contribution is 2.10. The maximum absolute atomic E-state index is 12.1. The molecule has 6 nitrogen and oxygen atoms in total. The molecule has 1 aromatic carbocycles. The van der Waals surface area contributed by atoms with E-state index < -0.39 is 12.0 Å². The van der Waals surface area contributed by atoms with E-state index >= 15 is 0 Å². The molecule has 0 aromatic heterocycles. The molecule has 110 valence electrons. The van der Waals surface area contributed by atoms with Gasteiger partial charge >= 0.3 is 12.0 Å². The van der Waals surface area contributed by atoms with Gasteiger partial charge in [-0.3, -0.25) is 4.79 Å². The number of urea groups is 1. The molecule has 6 heteroatoms. The van der Waals surface area contributed by atoms with Gasteiger partial charge in [0.25, 0.3) is 0 Å². The van der Waals surface area contributed by atoms with E-state index in [-0.39, 0.29) is 19.7 Å². The molecule has 21 heavy (non-hydrogen) atoms. The summed E-state index contributed by atoms with van der Waals surface area (Å²) in [6.07, 6.45) is 1.53. The topological polar surface area (TPSA) is 82.4 Å². The molecule has 0 fully saturated rings. The zero-order valence-corrected chi connectivity index (χ0v) is 11.8. The fourth-order valence-corrected chi connectivity index (χ4v) is 1.57. The van der Waals surface area contributed by atoms with Crippen LogP contribution in [0.2, 0.25) is 0 Å². The van der Waals surface area contributed by atoms with Crippen molar-refractivity contribution in [3.8, 4) is 6.07 Å². The summed E-state index contributed by atoms with van der Waals surface area (Å²) >= 11 is 0. The minimum Gasteiger partial charge on any atom is -0.465 e. The Morgan fingerprint density at radius 2 is 2.10 bits per heavy atom. The number of hydrogen-bond acceptors (Lipinski definition) is 4. The number of nitriles is 1. The lowest BCUT2D eigenvalue weighted by Crippen LogP contribution is -2.39. The minimum atomic E-state index is -0.477. The molecule has 0 aliphatic heterocycles. The van der Waals surface area contributed by atoms with Gasteiger partial charge in [0.2, 0.25) is 0 Å². The Labute approximate surface area is 123 Å². The highest BCUT2D eigenvalue weighted by atomic mass is 16.5.